The molecule has 0 bridgehead atoms. The van der Waals surface area contributed by atoms with Crippen molar-refractivity contribution in [2.24, 2.45) is 5.41 Å². The van der Waals surface area contributed by atoms with Crippen LogP contribution in [0.1, 0.15) is 19.8 Å². The van der Waals surface area contributed by atoms with Gasteiger partial charge in [-0.25, -0.2) is 4.98 Å². The first-order valence-corrected chi connectivity index (χ1v) is 6.60. The van der Waals surface area contributed by atoms with Gasteiger partial charge < -0.3 is 14.4 Å². The van der Waals surface area contributed by atoms with Crippen LogP contribution in [0.25, 0.3) is 0 Å². The Bertz CT molecular complexity index is 568. The van der Waals surface area contributed by atoms with E-state index in [1.165, 1.54) is 7.11 Å². The van der Waals surface area contributed by atoms with Crippen LogP contribution < -0.4 is 9.64 Å². The van der Waals surface area contributed by atoms with Crippen LogP contribution in [0.4, 0.5) is 5.69 Å². The number of anilines is 1. The Kier molecular flexibility index (Phi) is 2.88. The molecule has 0 unspecified atom stereocenters. The minimum Gasteiger partial charge on any atom is -0.471 e. The molecular weight excluding hydrogens is 260 g/mol. The number of nitrogens with zero attached hydrogens (tertiary/aromatic N) is 2. The number of hydrogen-bond acceptors (Lipinski definition) is 5. The number of esters is 1. The molecule has 1 aromatic heterocycles. The molecule has 1 saturated carbocycles. The first-order valence-electron chi connectivity index (χ1n) is 6.60. The summed E-state index contributed by atoms with van der Waals surface area (Å²) >= 11 is 0. The zero-order valence-corrected chi connectivity index (χ0v) is 11.5. The Hall–Kier alpha value is -2.11. The van der Waals surface area contributed by atoms with Crippen LogP contribution in [-0.2, 0) is 14.3 Å². The maximum Gasteiger partial charge on any atom is 0.321 e. The summed E-state index contributed by atoms with van der Waals surface area (Å²) in [5.74, 6) is -0.235. The maximum atomic E-state index is 12.7. The van der Waals surface area contributed by atoms with E-state index in [9.17, 15) is 9.59 Å². The largest absolute Gasteiger partial charge is 0.471 e. The van der Waals surface area contributed by atoms with E-state index >= 15 is 0 Å². The first-order chi connectivity index (χ1) is 9.58. The van der Waals surface area contributed by atoms with Crippen molar-refractivity contribution in [3.05, 3.63) is 18.3 Å². The van der Waals surface area contributed by atoms with Crippen molar-refractivity contribution < 1.29 is 19.1 Å². The summed E-state index contributed by atoms with van der Waals surface area (Å²) in [6.07, 6.45) is 2.54. The Morgan fingerprint density at radius 3 is 2.90 bits per heavy atom. The number of pyridine rings is 1. The van der Waals surface area contributed by atoms with Gasteiger partial charge in [0.05, 0.1) is 13.7 Å². The topological polar surface area (TPSA) is 68.7 Å². The summed E-state index contributed by atoms with van der Waals surface area (Å²) in [7, 11) is 1.31. The predicted octanol–water partition coefficient (Wildman–Crippen LogP) is 1.15. The highest BCUT2D eigenvalue weighted by molar-refractivity contribution is 6.13. The van der Waals surface area contributed by atoms with E-state index in [0.29, 0.717) is 31.0 Å². The summed E-state index contributed by atoms with van der Waals surface area (Å²) in [5.41, 5.74) is -0.385. The van der Waals surface area contributed by atoms with Crippen molar-refractivity contribution in [1.29, 1.82) is 0 Å². The average molecular weight is 276 g/mol. The summed E-state index contributed by atoms with van der Waals surface area (Å²) in [4.78, 5) is 30.3. The lowest BCUT2D eigenvalue weighted by Gasteiger charge is -2.34. The van der Waals surface area contributed by atoms with E-state index in [1.54, 1.807) is 23.2 Å². The number of aromatic nitrogens is 1. The number of rotatable bonds is 2. The molecule has 0 radical (unpaired) electrons. The maximum absolute atomic E-state index is 12.7. The van der Waals surface area contributed by atoms with Crippen LogP contribution in [0.5, 0.6) is 5.88 Å². The predicted molar refractivity (Wildman–Crippen MR) is 70.4 cm³/mol. The van der Waals surface area contributed by atoms with Crippen molar-refractivity contribution in [3.63, 3.8) is 0 Å². The van der Waals surface area contributed by atoms with Crippen molar-refractivity contribution in [3.8, 4) is 5.88 Å². The van der Waals surface area contributed by atoms with Gasteiger partial charge in [-0.2, -0.15) is 0 Å². The van der Waals surface area contributed by atoms with Crippen LogP contribution in [0.3, 0.4) is 0 Å². The van der Waals surface area contributed by atoms with Crippen molar-refractivity contribution in [2.45, 2.75) is 25.9 Å². The van der Waals surface area contributed by atoms with Crippen LogP contribution in [-0.4, -0.2) is 36.6 Å². The Balaban J connectivity index is 1.95. The van der Waals surface area contributed by atoms with Crippen LogP contribution >= 0.6 is 0 Å². The lowest BCUT2D eigenvalue weighted by atomic mass is 10.0. The molecule has 1 fully saturated rings. The van der Waals surface area contributed by atoms with Crippen LogP contribution in [0.2, 0.25) is 0 Å². The van der Waals surface area contributed by atoms with E-state index < -0.39 is 11.4 Å². The van der Waals surface area contributed by atoms with E-state index in [4.69, 9.17) is 9.47 Å². The number of methoxy groups -OCH3 is 1. The van der Waals surface area contributed by atoms with Gasteiger partial charge in [0, 0.05) is 6.20 Å². The zero-order valence-electron chi connectivity index (χ0n) is 11.5. The highest BCUT2D eigenvalue weighted by atomic mass is 16.5. The number of hydrogen-bond donors (Lipinski definition) is 0. The van der Waals surface area contributed by atoms with E-state index in [0.717, 1.165) is 0 Å². The smallest absolute Gasteiger partial charge is 0.321 e. The number of ether oxygens (including phenoxy) is 2. The van der Waals surface area contributed by atoms with Crippen LogP contribution in [0.15, 0.2) is 18.3 Å². The molecule has 0 aromatic carbocycles. The van der Waals surface area contributed by atoms with Gasteiger partial charge in [-0.05, 0) is 31.9 Å². The number of carbonyl (C=O) groups excluding carboxylic acids is 2. The van der Waals surface area contributed by atoms with Crippen molar-refractivity contribution >= 4 is 17.6 Å². The molecule has 2 aliphatic rings. The molecule has 6 heteroatoms. The van der Waals surface area contributed by atoms with Gasteiger partial charge in [0.25, 0.3) is 0 Å². The van der Waals surface area contributed by atoms with Crippen molar-refractivity contribution in [1.82, 2.24) is 4.98 Å². The lowest BCUT2D eigenvalue weighted by molar-refractivity contribution is -0.151. The molecule has 1 amide bonds. The molecule has 0 N–H and O–H groups in total. The molecule has 0 spiro atoms. The minimum absolute atomic E-state index is 0.158. The van der Waals surface area contributed by atoms with Gasteiger partial charge in [-0.15, -0.1) is 0 Å². The molecule has 0 saturated heterocycles. The fourth-order valence-electron chi connectivity index (χ4n) is 2.54. The normalized spacial score (nSPS) is 22.5. The number of carbonyl (C=O) groups is 2. The quantitative estimate of drug-likeness (QED) is 0.598. The molecule has 2 heterocycles. The Morgan fingerprint density at radius 2 is 2.25 bits per heavy atom. The van der Waals surface area contributed by atoms with E-state index in [-0.39, 0.29) is 12.0 Å². The highest BCUT2D eigenvalue weighted by Crippen LogP contribution is 2.49. The molecule has 20 heavy (non-hydrogen) atoms. The van der Waals surface area contributed by atoms with E-state index in [2.05, 4.69) is 4.98 Å². The third-order valence-electron chi connectivity index (χ3n) is 3.78. The third-order valence-corrected chi connectivity index (χ3v) is 3.78. The molecule has 106 valence electrons. The summed E-state index contributed by atoms with van der Waals surface area (Å²) in [6, 6.07) is 3.52. The molecule has 1 aromatic rings. The summed E-state index contributed by atoms with van der Waals surface area (Å²) < 4.78 is 10.4. The van der Waals surface area contributed by atoms with Crippen LogP contribution in [0, 0.1) is 5.41 Å². The Morgan fingerprint density at radius 1 is 1.50 bits per heavy atom. The van der Waals surface area contributed by atoms with Gasteiger partial charge in [0.15, 0.2) is 0 Å². The highest BCUT2D eigenvalue weighted by Gasteiger charge is 2.60. The SMILES string of the molecule is COC(=O)C1(C(=O)N2C[C@H](C)Oc3ncccc32)CC1. The zero-order chi connectivity index (χ0) is 14.3. The second-order valence-corrected chi connectivity index (χ2v) is 5.25. The molecule has 1 atom stereocenters. The lowest BCUT2D eigenvalue weighted by Crippen LogP contribution is -2.48. The first kappa shape index (κ1) is 12.9. The monoisotopic (exact) mass is 276 g/mol. The van der Waals surface area contributed by atoms with Gasteiger partial charge in [0.2, 0.25) is 11.8 Å². The third kappa shape index (κ3) is 1.83. The summed E-state index contributed by atoms with van der Waals surface area (Å²) in [5, 5.41) is 0. The molecule has 1 aliphatic heterocycles. The molecular formula is C14H16N2O4. The fourth-order valence-corrected chi connectivity index (χ4v) is 2.54. The molecule has 1 aliphatic carbocycles. The van der Waals surface area contributed by atoms with Gasteiger partial charge >= 0.3 is 5.97 Å². The number of fused-ring (bicyclic) bond motifs is 1. The molecule has 3 rings (SSSR count). The second kappa shape index (κ2) is 4.47. The minimum atomic E-state index is -1.00. The van der Waals surface area contributed by atoms with Gasteiger partial charge in [0.1, 0.15) is 17.2 Å². The van der Waals surface area contributed by atoms with Gasteiger partial charge in [-0.3, -0.25) is 9.59 Å². The standard InChI is InChI=1S/C14H16N2O4/c1-9-8-16(10-4-3-7-15-11(10)20-9)12(17)14(5-6-14)13(18)19-2/h3-4,7,9H,5-6,8H2,1-2H3/t9-/m0/s1. The number of amides is 1. The van der Waals surface area contributed by atoms with E-state index in [1.807, 2.05) is 6.92 Å². The summed E-state index contributed by atoms with van der Waals surface area (Å²) in [6.45, 7) is 2.28. The Labute approximate surface area is 116 Å². The fraction of sp³-hybridized carbons (Fsp3) is 0.500. The van der Waals surface area contributed by atoms with Gasteiger partial charge in [-0.1, -0.05) is 0 Å². The second-order valence-electron chi connectivity index (χ2n) is 5.25. The molecule has 6 nitrogen and oxygen atoms in total. The average Bonchev–Trinajstić information content (AvgIpc) is 3.26. The van der Waals surface area contributed by atoms with Crippen molar-refractivity contribution in [2.75, 3.05) is 18.6 Å².